The number of halogens is 1. The van der Waals surface area contributed by atoms with Gasteiger partial charge in [0, 0.05) is 17.8 Å². The van der Waals surface area contributed by atoms with Gasteiger partial charge in [0.15, 0.2) is 0 Å². The van der Waals surface area contributed by atoms with Crippen LogP contribution in [0.15, 0.2) is 18.2 Å². The van der Waals surface area contributed by atoms with Gasteiger partial charge in [-0.25, -0.2) is 13.3 Å². The quantitative estimate of drug-likeness (QED) is 0.499. The molecule has 0 bridgehead atoms. The normalized spacial score (nSPS) is 12.8. The molecule has 0 aliphatic rings. The Morgan fingerprint density at radius 1 is 1.62 bits per heavy atom. The summed E-state index contributed by atoms with van der Waals surface area (Å²) < 4.78 is 33.7. The number of hydrogen-bond acceptors (Lipinski definition) is 2. The average Bonchev–Trinajstić information content (AvgIpc) is 2.02. The zero-order chi connectivity index (χ0) is 9.84. The van der Waals surface area contributed by atoms with Crippen LogP contribution in [-0.4, -0.2) is 8.76 Å². The number of nitrogen functional groups attached to an aromatic ring is 1. The molecular weight excluding hydrogens is 195 g/mol. The molecule has 1 aromatic rings. The SMILES string of the molecule is Nc1ccc(CNS(=O)O)c(F)c1. The molecule has 0 heterocycles. The first-order valence-electron chi connectivity index (χ1n) is 3.48. The van der Waals surface area contributed by atoms with E-state index in [1.54, 1.807) is 0 Å². The van der Waals surface area contributed by atoms with E-state index in [0.29, 0.717) is 11.3 Å². The van der Waals surface area contributed by atoms with Gasteiger partial charge in [-0.3, -0.25) is 4.55 Å². The molecule has 1 aromatic carbocycles. The van der Waals surface area contributed by atoms with E-state index in [0.717, 1.165) is 6.07 Å². The molecule has 1 unspecified atom stereocenters. The van der Waals surface area contributed by atoms with Gasteiger partial charge in [-0.1, -0.05) is 6.07 Å². The number of rotatable bonds is 3. The number of anilines is 1. The van der Waals surface area contributed by atoms with E-state index in [2.05, 4.69) is 4.72 Å². The lowest BCUT2D eigenvalue weighted by Crippen LogP contribution is -2.16. The van der Waals surface area contributed by atoms with Gasteiger partial charge < -0.3 is 5.73 Å². The molecule has 0 fully saturated rings. The Kier molecular flexibility index (Phi) is 3.35. The van der Waals surface area contributed by atoms with Crippen molar-refractivity contribution in [1.82, 2.24) is 4.72 Å². The summed E-state index contributed by atoms with van der Waals surface area (Å²) in [5.74, 6) is -0.488. The van der Waals surface area contributed by atoms with E-state index >= 15 is 0 Å². The highest BCUT2D eigenvalue weighted by molar-refractivity contribution is 7.77. The van der Waals surface area contributed by atoms with Gasteiger partial charge in [0.05, 0.1) is 0 Å². The predicted molar refractivity (Wildman–Crippen MR) is 48.4 cm³/mol. The molecule has 4 N–H and O–H groups in total. The summed E-state index contributed by atoms with van der Waals surface area (Å²) in [6.45, 7) is -0.00474. The van der Waals surface area contributed by atoms with Crippen molar-refractivity contribution >= 4 is 17.0 Å². The van der Waals surface area contributed by atoms with Crippen LogP contribution in [-0.2, 0) is 17.8 Å². The summed E-state index contributed by atoms with van der Waals surface area (Å²) >= 11 is -2.13. The Bertz CT molecular complexity index is 332. The van der Waals surface area contributed by atoms with E-state index in [1.807, 2.05) is 0 Å². The van der Waals surface area contributed by atoms with Gasteiger partial charge in [0.25, 0.3) is 0 Å². The van der Waals surface area contributed by atoms with Crippen LogP contribution in [0.1, 0.15) is 5.56 Å². The smallest absolute Gasteiger partial charge is 0.232 e. The average molecular weight is 204 g/mol. The molecule has 6 heteroatoms. The lowest BCUT2D eigenvalue weighted by molar-refractivity contribution is 0.545. The maximum Gasteiger partial charge on any atom is 0.232 e. The third-order valence-corrected chi connectivity index (χ3v) is 1.85. The second kappa shape index (κ2) is 4.31. The number of nitrogens with one attached hydrogen (secondary N) is 1. The molecule has 1 rings (SSSR count). The number of nitrogens with two attached hydrogens (primary N) is 1. The standard InChI is InChI=1S/C7H9FN2O2S/c8-7-3-6(9)2-1-5(7)4-10-13(11)12/h1-3,10H,4,9H2,(H,11,12). The van der Waals surface area contributed by atoms with E-state index < -0.39 is 17.1 Å². The van der Waals surface area contributed by atoms with Crippen LogP contribution in [0.2, 0.25) is 0 Å². The number of hydrogen-bond donors (Lipinski definition) is 3. The molecule has 1 atom stereocenters. The molecule has 0 aromatic heterocycles. The van der Waals surface area contributed by atoms with Crippen molar-refractivity contribution in [3.8, 4) is 0 Å². The minimum atomic E-state index is -2.13. The van der Waals surface area contributed by atoms with Crippen molar-refractivity contribution in [2.24, 2.45) is 0 Å². The summed E-state index contributed by atoms with van der Waals surface area (Å²) in [5, 5.41) is 0. The molecule has 0 aliphatic heterocycles. The van der Waals surface area contributed by atoms with E-state index in [9.17, 15) is 8.60 Å². The highest BCUT2D eigenvalue weighted by Gasteiger charge is 2.02. The molecule has 4 nitrogen and oxygen atoms in total. The van der Waals surface area contributed by atoms with Crippen molar-refractivity contribution in [3.63, 3.8) is 0 Å². The Morgan fingerprint density at radius 2 is 2.31 bits per heavy atom. The zero-order valence-electron chi connectivity index (χ0n) is 6.66. The fourth-order valence-electron chi connectivity index (χ4n) is 0.846. The van der Waals surface area contributed by atoms with Crippen LogP contribution in [0, 0.1) is 5.82 Å². The minimum Gasteiger partial charge on any atom is -0.399 e. The first-order chi connectivity index (χ1) is 6.09. The van der Waals surface area contributed by atoms with Gasteiger partial charge in [-0.2, -0.15) is 0 Å². The fourth-order valence-corrected chi connectivity index (χ4v) is 1.13. The van der Waals surface area contributed by atoms with Crippen molar-refractivity contribution < 1.29 is 13.2 Å². The third-order valence-electron chi connectivity index (χ3n) is 1.46. The summed E-state index contributed by atoms with van der Waals surface area (Å²) in [6, 6.07) is 4.15. The van der Waals surface area contributed by atoms with Crippen LogP contribution in [0.3, 0.4) is 0 Å². The van der Waals surface area contributed by atoms with Crippen LogP contribution in [0.4, 0.5) is 10.1 Å². The first kappa shape index (κ1) is 10.1. The number of benzene rings is 1. The highest BCUT2D eigenvalue weighted by Crippen LogP contribution is 2.11. The van der Waals surface area contributed by atoms with Gasteiger partial charge >= 0.3 is 0 Å². The summed E-state index contributed by atoms with van der Waals surface area (Å²) in [7, 11) is 0. The lowest BCUT2D eigenvalue weighted by atomic mass is 10.2. The van der Waals surface area contributed by atoms with Gasteiger partial charge in [-0.15, -0.1) is 0 Å². The lowest BCUT2D eigenvalue weighted by Gasteiger charge is -2.02. The fraction of sp³-hybridized carbons (Fsp3) is 0.143. The molecule has 0 saturated carbocycles. The maximum atomic E-state index is 13.0. The Labute approximate surface area is 77.4 Å². The van der Waals surface area contributed by atoms with Crippen molar-refractivity contribution in [2.75, 3.05) is 5.73 Å². The zero-order valence-corrected chi connectivity index (χ0v) is 7.47. The highest BCUT2D eigenvalue weighted by atomic mass is 32.2. The second-order valence-electron chi connectivity index (χ2n) is 2.42. The topological polar surface area (TPSA) is 75.3 Å². The Hall–Kier alpha value is -0.980. The van der Waals surface area contributed by atoms with Crippen LogP contribution in [0.5, 0.6) is 0 Å². The van der Waals surface area contributed by atoms with Crippen LogP contribution >= 0.6 is 0 Å². The largest absolute Gasteiger partial charge is 0.399 e. The van der Waals surface area contributed by atoms with Gasteiger partial charge in [0.2, 0.25) is 11.3 Å². The molecule has 0 aliphatic carbocycles. The van der Waals surface area contributed by atoms with Crippen molar-refractivity contribution in [3.05, 3.63) is 29.6 Å². The van der Waals surface area contributed by atoms with E-state index in [4.69, 9.17) is 10.3 Å². The Morgan fingerprint density at radius 3 is 2.85 bits per heavy atom. The van der Waals surface area contributed by atoms with Gasteiger partial charge in [-0.05, 0) is 12.1 Å². The van der Waals surface area contributed by atoms with Crippen LogP contribution < -0.4 is 10.5 Å². The van der Waals surface area contributed by atoms with Gasteiger partial charge in [0.1, 0.15) is 5.82 Å². The minimum absolute atomic E-state index is 0.00474. The molecule has 0 radical (unpaired) electrons. The summed E-state index contributed by atoms with van der Waals surface area (Å²) in [6.07, 6.45) is 0. The third kappa shape index (κ3) is 3.10. The van der Waals surface area contributed by atoms with Crippen LogP contribution in [0.25, 0.3) is 0 Å². The van der Waals surface area contributed by atoms with E-state index in [-0.39, 0.29) is 6.54 Å². The molecule has 0 amide bonds. The molecule has 13 heavy (non-hydrogen) atoms. The molecule has 0 saturated heterocycles. The van der Waals surface area contributed by atoms with Crippen molar-refractivity contribution in [1.29, 1.82) is 0 Å². The second-order valence-corrected chi connectivity index (χ2v) is 3.21. The molecule has 0 spiro atoms. The summed E-state index contributed by atoms with van der Waals surface area (Å²) in [5.41, 5.74) is 5.94. The molecular formula is C7H9FN2O2S. The van der Waals surface area contributed by atoms with E-state index in [1.165, 1.54) is 12.1 Å². The van der Waals surface area contributed by atoms with Crippen molar-refractivity contribution in [2.45, 2.75) is 6.54 Å². The Balaban J connectivity index is 2.72. The monoisotopic (exact) mass is 204 g/mol. The first-order valence-corrected chi connectivity index (χ1v) is 4.58. The summed E-state index contributed by atoms with van der Waals surface area (Å²) in [4.78, 5) is 0. The maximum absolute atomic E-state index is 13.0. The molecule has 72 valence electrons. The predicted octanol–water partition coefficient (Wildman–Crippen LogP) is 0.634.